The fourth-order valence-electron chi connectivity index (χ4n) is 9.16. The van der Waals surface area contributed by atoms with E-state index in [1.807, 2.05) is 0 Å². The van der Waals surface area contributed by atoms with E-state index < -0.39 is 0 Å². The molecular weight excluding hydrogens is 687 g/mol. The molecule has 1 atom stereocenters. The maximum Gasteiger partial charge on any atom is 0.0468 e. The molecule has 0 N–H and O–H groups in total. The minimum absolute atomic E-state index is 0.139. The van der Waals surface area contributed by atoms with Gasteiger partial charge in [0.05, 0.1) is 0 Å². The second kappa shape index (κ2) is 14.6. The van der Waals surface area contributed by atoms with Gasteiger partial charge in [-0.2, -0.15) is 0 Å². The largest absolute Gasteiger partial charge is 0.310 e. The van der Waals surface area contributed by atoms with Crippen LogP contribution in [-0.4, -0.2) is 0 Å². The van der Waals surface area contributed by atoms with Gasteiger partial charge in [0, 0.05) is 23.0 Å². The first kappa shape index (κ1) is 34.5. The van der Waals surface area contributed by atoms with Crippen molar-refractivity contribution in [1.82, 2.24) is 0 Å². The van der Waals surface area contributed by atoms with Crippen molar-refractivity contribution < 1.29 is 0 Å². The topological polar surface area (TPSA) is 3.24 Å². The van der Waals surface area contributed by atoms with Gasteiger partial charge in [-0.05, 0) is 139 Å². The molecule has 0 saturated heterocycles. The molecule has 0 amide bonds. The van der Waals surface area contributed by atoms with E-state index in [4.69, 9.17) is 0 Å². The highest BCUT2D eigenvalue weighted by Crippen LogP contribution is 2.42. The zero-order chi connectivity index (χ0) is 38.3. The summed E-state index contributed by atoms with van der Waals surface area (Å²) in [5.41, 5.74) is 15.0. The predicted octanol–water partition coefficient (Wildman–Crippen LogP) is 13.3. The number of rotatable bonds is 7. The Morgan fingerprint density at radius 3 is 1.49 bits per heavy atom. The second-order valence-corrected chi connectivity index (χ2v) is 15.4. The van der Waals surface area contributed by atoms with E-state index in [1.165, 1.54) is 82.1 Å². The SMILES string of the molecule is Cc1cccc(N(c2cccc(C)c2)c2ccc3c4c(c5ccccc5c3c2)=C(c2ccccc2)CC(c2ccc(-c3ccccc3)cc2)C=4c2ccccc2)c1. The molecule has 1 aliphatic carbocycles. The van der Waals surface area contributed by atoms with Gasteiger partial charge in [-0.25, -0.2) is 0 Å². The van der Waals surface area contributed by atoms with Crippen molar-refractivity contribution in [2.24, 2.45) is 0 Å². The van der Waals surface area contributed by atoms with Crippen molar-refractivity contribution in [2.75, 3.05) is 4.90 Å². The van der Waals surface area contributed by atoms with Crippen LogP contribution >= 0.6 is 0 Å². The molecule has 57 heavy (non-hydrogen) atoms. The Morgan fingerprint density at radius 2 is 0.877 bits per heavy atom. The summed E-state index contributed by atoms with van der Waals surface area (Å²) in [7, 11) is 0. The fraction of sp³-hybridized carbons (Fsp3) is 0.0714. The lowest BCUT2D eigenvalue weighted by Crippen LogP contribution is -2.37. The number of nitrogens with zero attached hydrogens (tertiary/aromatic N) is 1. The Morgan fingerprint density at radius 1 is 0.368 bits per heavy atom. The first-order valence-corrected chi connectivity index (χ1v) is 20.0. The molecule has 272 valence electrons. The van der Waals surface area contributed by atoms with E-state index >= 15 is 0 Å². The van der Waals surface area contributed by atoms with Gasteiger partial charge in [0.25, 0.3) is 0 Å². The van der Waals surface area contributed by atoms with Crippen LogP contribution in [0, 0.1) is 13.8 Å². The van der Waals surface area contributed by atoms with E-state index in [9.17, 15) is 0 Å². The van der Waals surface area contributed by atoms with Gasteiger partial charge in [0.15, 0.2) is 0 Å². The number of hydrogen-bond acceptors (Lipinski definition) is 1. The third-order valence-electron chi connectivity index (χ3n) is 11.7. The van der Waals surface area contributed by atoms with E-state index in [0.717, 1.165) is 23.5 Å². The standard InChI is InChI=1S/C56H43N/c1-38-16-14-24-45(34-38)57(46-25-15-17-39(2)35-46)47-32-33-50-53(36-47)48-26-12-13-27-49(48)55-52(42-20-8-4-9-21-42)37-51(54(56(50)55)44-22-10-5-11-23-44)43-30-28-41(29-31-43)40-18-6-3-7-19-40/h3-36,51H,37H2,1-2H3. The maximum atomic E-state index is 2.44. The summed E-state index contributed by atoms with van der Waals surface area (Å²) in [5, 5.41) is 7.78. The van der Waals surface area contributed by atoms with Crippen molar-refractivity contribution in [1.29, 1.82) is 0 Å². The van der Waals surface area contributed by atoms with Crippen LogP contribution in [0.1, 0.15) is 40.2 Å². The number of benzene rings is 9. The van der Waals surface area contributed by atoms with Crippen LogP contribution in [0.2, 0.25) is 0 Å². The summed E-state index contributed by atoms with van der Waals surface area (Å²) in [5.74, 6) is 0.139. The molecular formula is C56H43N. The Kier molecular flexibility index (Phi) is 8.84. The first-order chi connectivity index (χ1) is 28.1. The summed E-state index contributed by atoms with van der Waals surface area (Å²) >= 11 is 0. The molecule has 0 aromatic heterocycles. The second-order valence-electron chi connectivity index (χ2n) is 15.4. The molecule has 0 spiro atoms. The molecule has 10 rings (SSSR count). The Labute approximate surface area is 335 Å². The molecule has 0 saturated carbocycles. The van der Waals surface area contributed by atoms with Crippen molar-refractivity contribution in [2.45, 2.75) is 26.2 Å². The van der Waals surface area contributed by atoms with Gasteiger partial charge in [-0.15, -0.1) is 0 Å². The predicted molar refractivity (Wildman–Crippen MR) is 242 cm³/mol. The summed E-state index contributed by atoms with van der Waals surface area (Å²) in [6.07, 6.45) is 0.897. The highest BCUT2D eigenvalue weighted by atomic mass is 15.1. The third kappa shape index (κ3) is 6.32. The Hall–Kier alpha value is -6.96. The molecule has 0 aliphatic heterocycles. The summed E-state index contributed by atoms with van der Waals surface area (Å²) in [4.78, 5) is 2.41. The molecule has 0 radical (unpaired) electrons. The molecule has 9 aromatic rings. The third-order valence-corrected chi connectivity index (χ3v) is 11.7. The van der Waals surface area contributed by atoms with Gasteiger partial charge >= 0.3 is 0 Å². The lowest BCUT2D eigenvalue weighted by molar-refractivity contribution is 0.876. The van der Waals surface area contributed by atoms with Crippen LogP contribution < -0.4 is 15.3 Å². The molecule has 1 aliphatic rings. The molecule has 9 aromatic carbocycles. The summed E-state index contributed by atoms with van der Waals surface area (Å²) in [6, 6.07) is 76.2. The average Bonchev–Trinajstić information content (AvgIpc) is 3.27. The van der Waals surface area contributed by atoms with Crippen molar-refractivity contribution in [3.05, 3.63) is 245 Å². The minimum Gasteiger partial charge on any atom is -0.310 e. The van der Waals surface area contributed by atoms with Crippen LogP contribution in [0.15, 0.2) is 206 Å². The quantitative estimate of drug-likeness (QED) is 0.148. The van der Waals surface area contributed by atoms with E-state index in [-0.39, 0.29) is 5.92 Å². The number of fused-ring (bicyclic) bond motifs is 6. The zero-order valence-corrected chi connectivity index (χ0v) is 32.4. The fourth-order valence-corrected chi connectivity index (χ4v) is 9.16. The lowest BCUT2D eigenvalue weighted by atomic mass is 9.74. The van der Waals surface area contributed by atoms with Crippen LogP contribution in [0.4, 0.5) is 17.1 Å². The molecule has 0 bridgehead atoms. The molecule has 1 heteroatoms. The van der Waals surface area contributed by atoms with E-state index in [0.29, 0.717) is 0 Å². The van der Waals surface area contributed by atoms with Gasteiger partial charge in [-0.1, -0.05) is 170 Å². The van der Waals surface area contributed by atoms with Crippen molar-refractivity contribution in [3.8, 4) is 11.1 Å². The highest BCUT2D eigenvalue weighted by Gasteiger charge is 2.28. The maximum absolute atomic E-state index is 2.44. The highest BCUT2D eigenvalue weighted by molar-refractivity contribution is 6.11. The normalized spacial score (nSPS) is 13.8. The minimum atomic E-state index is 0.139. The zero-order valence-electron chi connectivity index (χ0n) is 32.4. The molecule has 1 nitrogen and oxygen atoms in total. The smallest absolute Gasteiger partial charge is 0.0468 e. The lowest BCUT2D eigenvalue weighted by Gasteiger charge is -2.30. The van der Waals surface area contributed by atoms with Gasteiger partial charge < -0.3 is 4.90 Å². The van der Waals surface area contributed by atoms with Crippen LogP contribution in [0.25, 0.3) is 43.8 Å². The first-order valence-electron chi connectivity index (χ1n) is 20.0. The van der Waals surface area contributed by atoms with E-state index in [1.54, 1.807) is 0 Å². The van der Waals surface area contributed by atoms with Gasteiger partial charge in [-0.3, -0.25) is 0 Å². The summed E-state index contributed by atoms with van der Waals surface area (Å²) in [6.45, 7) is 4.34. The van der Waals surface area contributed by atoms with Crippen LogP contribution in [-0.2, 0) is 0 Å². The molecule has 0 heterocycles. The molecule has 0 fully saturated rings. The Balaban J connectivity index is 1.32. The Bertz CT molecular complexity index is 2990. The van der Waals surface area contributed by atoms with E-state index in [2.05, 4.69) is 225 Å². The monoisotopic (exact) mass is 729 g/mol. The summed E-state index contributed by atoms with van der Waals surface area (Å²) < 4.78 is 0. The average molecular weight is 730 g/mol. The van der Waals surface area contributed by atoms with Gasteiger partial charge in [0.2, 0.25) is 0 Å². The number of hydrogen-bond donors (Lipinski definition) is 0. The molecule has 1 unspecified atom stereocenters. The van der Waals surface area contributed by atoms with Crippen LogP contribution in [0.5, 0.6) is 0 Å². The van der Waals surface area contributed by atoms with Gasteiger partial charge in [0.1, 0.15) is 0 Å². The number of anilines is 3. The van der Waals surface area contributed by atoms with Crippen LogP contribution in [0.3, 0.4) is 0 Å². The van der Waals surface area contributed by atoms with Crippen molar-refractivity contribution in [3.63, 3.8) is 0 Å². The van der Waals surface area contributed by atoms with Crippen molar-refractivity contribution >= 4 is 49.8 Å². The number of aryl methyl sites for hydroxylation is 2.